The molecule has 0 atom stereocenters. The monoisotopic (exact) mass is 381 g/mol. The average molecular weight is 381 g/mol. The number of nitrogens with one attached hydrogen (secondary N) is 2. The number of ether oxygens (including phenoxy) is 2. The summed E-state index contributed by atoms with van der Waals surface area (Å²) in [6, 6.07) is 8.89. The molecule has 1 aliphatic heterocycles. The normalized spacial score (nSPS) is 15.9. The molecule has 4 rings (SSSR count). The minimum absolute atomic E-state index is 0.201. The minimum Gasteiger partial charge on any atom is -0.454 e. The van der Waals surface area contributed by atoms with Crippen LogP contribution in [0, 0.1) is 0 Å². The molecule has 2 amide bonds. The molecule has 0 bridgehead atoms. The maximum atomic E-state index is 12.5. The molecule has 1 aromatic carbocycles. The largest absolute Gasteiger partial charge is 0.454 e. The first-order chi connectivity index (χ1) is 13.7. The van der Waals surface area contributed by atoms with Gasteiger partial charge in [0.05, 0.1) is 0 Å². The molecule has 1 fully saturated rings. The maximum Gasteiger partial charge on any atom is 0.270 e. The summed E-state index contributed by atoms with van der Waals surface area (Å²) in [7, 11) is 0. The number of rotatable bonds is 5. The van der Waals surface area contributed by atoms with Crippen molar-refractivity contribution in [2.75, 3.05) is 6.79 Å². The number of benzene rings is 1. The van der Waals surface area contributed by atoms with Gasteiger partial charge in [0.15, 0.2) is 11.5 Å². The Bertz CT molecular complexity index is 878. The fourth-order valence-corrected chi connectivity index (χ4v) is 3.54. The Hall–Kier alpha value is -3.09. The van der Waals surface area contributed by atoms with E-state index in [4.69, 9.17) is 9.47 Å². The summed E-state index contributed by atoms with van der Waals surface area (Å²) in [5, 5.41) is 5.88. The van der Waals surface area contributed by atoms with Crippen LogP contribution in [0.5, 0.6) is 11.5 Å². The Labute approximate surface area is 163 Å². The number of fused-ring (bicyclic) bond motifs is 1. The van der Waals surface area contributed by atoms with E-state index in [1.165, 1.54) is 18.7 Å². The Morgan fingerprint density at radius 1 is 1.00 bits per heavy atom. The number of carbonyl (C=O) groups is 2. The average Bonchev–Trinajstić information content (AvgIpc) is 3.20. The van der Waals surface area contributed by atoms with Crippen LogP contribution >= 0.6 is 0 Å². The summed E-state index contributed by atoms with van der Waals surface area (Å²) in [5.41, 5.74) is 1.58. The first-order valence-electron chi connectivity index (χ1n) is 9.63. The van der Waals surface area contributed by atoms with Crippen LogP contribution < -0.4 is 20.1 Å². The van der Waals surface area contributed by atoms with Crippen LogP contribution in [0.2, 0.25) is 0 Å². The van der Waals surface area contributed by atoms with Crippen molar-refractivity contribution < 1.29 is 19.1 Å². The zero-order valence-electron chi connectivity index (χ0n) is 15.6. The topological polar surface area (TPSA) is 89.6 Å². The molecule has 2 aliphatic rings. The first kappa shape index (κ1) is 18.3. The Morgan fingerprint density at radius 3 is 2.68 bits per heavy atom. The molecule has 7 heteroatoms. The van der Waals surface area contributed by atoms with Crippen molar-refractivity contribution in [2.45, 2.75) is 44.7 Å². The summed E-state index contributed by atoms with van der Waals surface area (Å²) in [6.45, 7) is 0.565. The second-order valence-electron chi connectivity index (χ2n) is 7.11. The second-order valence-corrected chi connectivity index (χ2v) is 7.11. The standard InChI is InChI=1S/C21H23N3O4/c25-20(23-12-14-6-7-18-19(10-14)28-13-27-18)15-8-9-22-17(11-15)21(26)24-16-4-2-1-3-5-16/h6-11,16H,1-5,12-13H2,(H,23,25)(H,24,26). The zero-order valence-corrected chi connectivity index (χ0v) is 15.6. The molecule has 1 saturated carbocycles. The highest BCUT2D eigenvalue weighted by Gasteiger charge is 2.18. The van der Waals surface area contributed by atoms with Gasteiger partial charge in [-0.05, 0) is 42.7 Å². The molecule has 0 unspecified atom stereocenters. The lowest BCUT2D eigenvalue weighted by Crippen LogP contribution is -2.36. The molecule has 2 N–H and O–H groups in total. The Balaban J connectivity index is 1.36. The third-order valence-corrected chi connectivity index (χ3v) is 5.09. The van der Waals surface area contributed by atoms with Crippen molar-refractivity contribution in [1.29, 1.82) is 0 Å². The number of carbonyl (C=O) groups excluding carboxylic acids is 2. The van der Waals surface area contributed by atoms with E-state index in [9.17, 15) is 9.59 Å². The van der Waals surface area contributed by atoms with E-state index < -0.39 is 0 Å². The molecule has 2 aromatic rings. The highest BCUT2D eigenvalue weighted by Crippen LogP contribution is 2.32. The summed E-state index contributed by atoms with van der Waals surface area (Å²) in [5.74, 6) is 0.902. The van der Waals surface area contributed by atoms with Gasteiger partial charge in [0.25, 0.3) is 11.8 Å². The molecule has 0 spiro atoms. The van der Waals surface area contributed by atoms with Crippen molar-refractivity contribution in [2.24, 2.45) is 0 Å². The number of nitrogens with zero attached hydrogens (tertiary/aromatic N) is 1. The van der Waals surface area contributed by atoms with Gasteiger partial charge in [-0.3, -0.25) is 14.6 Å². The van der Waals surface area contributed by atoms with Crippen LogP contribution in [0.15, 0.2) is 36.5 Å². The molecule has 1 aliphatic carbocycles. The predicted molar refractivity (Wildman–Crippen MR) is 102 cm³/mol. The number of pyridine rings is 1. The van der Waals surface area contributed by atoms with Gasteiger partial charge < -0.3 is 20.1 Å². The number of aromatic nitrogens is 1. The van der Waals surface area contributed by atoms with E-state index >= 15 is 0 Å². The fraction of sp³-hybridized carbons (Fsp3) is 0.381. The van der Waals surface area contributed by atoms with E-state index in [2.05, 4.69) is 15.6 Å². The van der Waals surface area contributed by atoms with Crippen LogP contribution in [-0.2, 0) is 6.54 Å². The summed E-state index contributed by atoms with van der Waals surface area (Å²) in [4.78, 5) is 29.1. The third-order valence-electron chi connectivity index (χ3n) is 5.09. The zero-order chi connectivity index (χ0) is 19.3. The van der Waals surface area contributed by atoms with Crippen LogP contribution in [0.3, 0.4) is 0 Å². The van der Waals surface area contributed by atoms with Crippen molar-refractivity contribution in [3.05, 3.63) is 53.3 Å². The van der Waals surface area contributed by atoms with E-state index in [0.717, 1.165) is 31.2 Å². The van der Waals surface area contributed by atoms with Crippen LogP contribution in [0.25, 0.3) is 0 Å². The summed E-state index contributed by atoms with van der Waals surface area (Å²) in [6.07, 6.45) is 7.00. The van der Waals surface area contributed by atoms with E-state index in [1.807, 2.05) is 18.2 Å². The van der Waals surface area contributed by atoms with Gasteiger partial charge >= 0.3 is 0 Å². The highest BCUT2D eigenvalue weighted by atomic mass is 16.7. The molecule has 2 heterocycles. The van der Waals surface area contributed by atoms with Crippen LogP contribution in [0.1, 0.15) is 58.5 Å². The smallest absolute Gasteiger partial charge is 0.270 e. The van der Waals surface area contributed by atoms with Gasteiger partial charge in [-0.15, -0.1) is 0 Å². The van der Waals surface area contributed by atoms with Crippen molar-refractivity contribution in [3.8, 4) is 11.5 Å². The number of hydrogen-bond donors (Lipinski definition) is 2. The number of hydrogen-bond acceptors (Lipinski definition) is 5. The molecule has 146 valence electrons. The van der Waals surface area contributed by atoms with Crippen molar-refractivity contribution in [3.63, 3.8) is 0 Å². The van der Waals surface area contributed by atoms with Gasteiger partial charge in [0.2, 0.25) is 6.79 Å². The van der Waals surface area contributed by atoms with E-state index in [0.29, 0.717) is 23.6 Å². The van der Waals surface area contributed by atoms with E-state index in [1.54, 1.807) is 6.07 Å². The molecule has 28 heavy (non-hydrogen) atoms. The van der Waals surface area contributed by atoms with Gasteiger partial charge in [0.1, 0.15) is 5.69 Å². The molecular formula is C21H23N3O4. The summed E-state index contributed by atoms with van der Waals surface area (Å²) < 4.78 is 10.6. The predicted octanol–water partition coefficient (Wildman–Crippen LogP) is 2.80. The maximum absolute atomic E-state index is 12.5. The van der Waals surface area contributed by atoms with Crippen molar-refractivity contribution in [1.82, 2.24) is 15.6 Å². The summed E-state index contributed by atoms with van der Waals surface area (Å²) >= 11 is 0. The lowest BCUT2D eigenvalue weighted by atomic mass is 9.95. The molecule has 0 radical (unpaired) electrons. The lowest BCUT2D eigenvalue weighted by molar-refractivity contribution is 0.0922. The molecule has 7 nitrogen and oxygen atoms in total. The van der Waals surface area contributed by atoms with E-state index in [-0.39, 0.29) is 30.3 Å². The Morgan fingerprint density at radius 2 is 1.82 bits per heavy atom. The quantitative estimate of drug-likeness (QED) is 0.831. The molecule has 0 saturated heterocycles. The number of amides is 2. The van der Waals surface area contributed by atoms with Crippen LogP contribution in [0.4, 0.5) is 0 Å². The highest BCUT2D eigenvalue weighted by molar-refractivity contribution is 5.98. The SMILES string of the molecule is O=C(NCc1ccc2c(c1)OCO2)c1ccnc(C(=O)NC2CCCCC2)c1. The molecular weight excluding hydrogens is 358 g/mol. The first-order valence-corrected chi connectivity index (χ1v) is 9.63. The lowest BCUT2D eigenvalue weighted by Gasteiger charge is -2.22. The fourth-order valence-electron chi connectivity index (χ4n) is 3.54. The van der Waals surface area contributed by atoms with Gasteiger partial charge in [-0.1, -0.05) is 25.3 Å². The second kappa shape index (κ2) is 8.29. The van der Waals surface area contributed by atoms with Gasteiger partial charge in [0, 0.05) is 24.3 Å². The molecule has 1 aromatic heterocycles. The van der Waals surface area contributed by atoms with Crippen molar-refractivity contribution >= 4 is 11.8 Å². The van der Waals surface area contributed by atoms with Gasteiger partial charge in [-0.2, -0.15) is 0 Å². The van der Waals surface area contributed by atoms with Gasteiger partial charge in [-0.25, -0.2) is 0 Å². The Kier molecular flexibility index (Phi) is 5.41. The third kappa shape index (κ3) is 4.24. The van der Waals surface area contributed by atoms with Crippen LogP contribution in [-0.4, -0.2) is 29.6 Å². The minimum atomic E-state index is -0.258.